The monoisotopic (exact) mass is 282 g/mol. The zero-order chi connectivity index (χ0) is 13.2. The van der Waals surface area contributed by atoms with Crippen molar-refractivity contribution in [1.29, 1.82) is 0 Å². The van der Waals surface area contributed by atoms with E-state index in [4.69, 9.17) is 0 Å². The second-order valence-corrected chi connectivity index (χ2v) is 8.01. The van der Waals surface area contributed by atoms with Crippen molar-refractivity contribution in [2.45, 2.75) is 75.2 Å². The maximum absolute atomic E-state index is 2.88. The van der Waals surface area contributed by atoms with Crippen molar-refractivity contribution < 1.29 is 0 Å². The smallest absolute Gasteiger partial charge is 0.0224 e. The van der Waals surface area contributed by atoms with Gasteiger partial charge in [0.15, 0.2) is 0 Å². The van der Waals surface area contributed by atoms with Crippen molar-refractivity contribution in [2.75, 3.05) is 25.9 Å². The van der Waals surface area contributed by atoms with Crippen molar-refractivity contribution in [2.24, 2.45) is 0 Å². The van der Waals surface area contributed by atoms with Crippen molar-refractivity contribution in [3.63, 3.8) is 0 Å². The highest BCUT2D eigenvalue weighted by atomic mass is 32.2. The number of rotatable bonds is 2. The first-order chi connectivity index (χ1) is 9.28. The van der Waals surface area contributed by atoms with Crippen LogP contribution in [0.3, 0.4) is 0 Å². The standard InChI is InChI=1S/C16H30N2S/c1-13-11-17-9-4-3-6-15(17)12-18(13)14-7-5-8-16(10-14)19-2/h13-16H,3-12H2,1-2H3. The van der Waals surface area contributed by atoms with E-state index in [9.17, 15) is 0 Å². The maximum atomic E-state index is 2.88. The summed E-state index contributed by atoms with van der Waals surface area (Å²) in [7, 11) is 0. The molecule has 1 saturated carbocycles. The molecule has 0 N–H and O–H groups in total. The van der Waals surface area contributed by atoms with Crippen molar-refractivity contribution in [3.8, 4) is 0 Å². The molecule has 1 aliphatic carbocycles. The van der Waals surface area contributed by atoms with E-state index in [-0.39, 0.29) is 0 Å². The molecule has 0 bridgehead atoms. The van der Waals surface area contributed by atoms with Gasteiger partial charge in [0.05, 0.1) is 0 Å². The largest absolute Gasteiger partial charge is 0.298 e. The number of fused-ring (bicyclic) bond motifs is 1. The molecule has 3 heteroatoms. The lowest BCUT2D eigenvalue weighted by atomic mass is 9.89. The Bertz CT molecular complexity index is 296. The molecule has 3 rings (SSSR count). The van der Waals surface area contributed by atoms with Crippen molar-refractivity contribution >= 4 is 11.8 Å². The van der Waals surface area contributed by atoms with Crippen LogP contribution in [0.2, 0.25) is 0 Å². The molecule has 2 saturated heterocycles. The van der Waals surface area contributed by atoms with Crippen molar-refractivity contribution in [1.82, 2.24) is 9.80 Å². The second kappa shape index (κ2) is 6.36. The first-order valence-corrected chi connectivity index (χ1v) is 9.59. The number of nitrogens with zero attached hydrogens (tertiary/aromatic N) is 2. The Kier molecular flexibility index (Phi) is 4.76. The summed E-state index contributed by atoms with van der Waals surface area (Å²) >= 11 is 2.10. The lowest BCUT2D eigenvalue weighted by Crippen LogP contribution is -2.61. The molecule has 3 fully saturated rings. The Labute approximate surface area is 123 Å². The Morgan fingerprint density at radius 3 is 2.63 bits per heavy atom. The van der Waals surface area contributed by atoms with Gasteiger partial charge >= 0.3 is 0 Å². The van der Waals surface area contributed by atoms with Crippen LogP contribution in [0, 0.1) is 0 Å². The number of piperazine rings is 1. The van der Waals surface area contributed by atoms with Gasteiger partial charge in [-0.15, -0.1) is 0 Å². The molecule has 0 spiro atoms. The molecule has 0 aromatic carbocycles. The van der Waals surface area contributed by atoms with Crippen LogP contribution in [0.15, 0.2) is 0 Å². The summed E-state index contributed by atoms with van der Waals surface area (Å²) in [4.78, 5) is 5.66. The topological polar surface area (TPSA) is 6.48 Å². The highest BCUT2D eigenvalue weighted by Crippen LogP contribution is 2.33. The maximum Gasteiger partial charge on any atom is 0.0224 e. The summed E-state index contributed by atoms with van der Waals surface area (Å²) in [6.45, 7) is 6.51. The third-order valence-electron chi connectivity index (χ3n) is 5.64. The fourth-order valence-corrected chi connectivity index (χ4v) is 5.34. The Hall–Kier alpha value is 0.270. The average molecular weight is 282 g/mol. The number of hydrogen-bond donors (Lipinski definition) is 0. The lowest BCUT2D eigenvalue weighted by molar-refractivity contribution is -0.0152. The van der Waals surface area contributed by atoms with Gasteiger partial charge in [-0.1, -0.05) is 12.8 Å². The van der Waals surface area contributed by atoms with Gasteiger partial charge in [-0.05, 0) is 51.8 Å². The summed E-state index contributed by atoms with van der Waals surface area (Å²) in [5, 5.41) is 0.926. The van der Waals surface area contributed by atoms with Crippen LogP contribution >= 0.6 is 11.8 Å². The molecule has 4 unspecified atom stereocenters. The van der Waals surface area contributed by atoms with Gasteiger partial charge in [0.25, 0.3) is 0 Å². The van der Waals surface area contributed by atoms with Crippen LogP contribution in [-0.2, 0) is 0 Å². The second-order valence-electron chi connectivity index (χ2n) is 6.87. The highest BCUT2D eigenvalue weighted by Gasteiger charge is 2.37. The molecule has 0 radical (unpaired) electrons. The van der Waals surface area contributed by atoms with Gasteiger partial charge in [0.1, 0.15) is 0 Å². The molecule has 4 atom stereocenters. The molecule has 0 aromatic heterocycles. The minimum Gasteiger partial charge on any atom is -0.298 e. The van der Waals surface area contributed by atoms with Crippen LogP contribution in [0.1, 0.15) is 51.9 Å². The molecule has 0 amide bonds. The quantitative estimate of drug-likeness (QED) is 0.768. The van der Waals surface area contributed by atoms with Crippen molar-refractivity contribution in [3.05, 3.63) is 0 Å². The van der Waals surface area contributed by atoms with Gasteiger partial charge in [-0.25, -0.2) is 0 Å². The van der Waals surface area contributed by atoms with Crippen LogP contribution in [0.25, 0.3) is 0 Å². The summed E-state index contributed by atoms with van der Waals surface area (Å²) in [5.41, 5.74) is 0. The van der Waals surface area contributed by atoms with E-state index in [1.807, 2.05) is 0 Å². The number of thioether (sulfide) groups is 1. The predicted molar refractivity (Wildman–Crippen MR) is 84.9 cm³/mol. The van der Waals surface area contributed by atoms with Crippen LogP contribution in [0.4, 0.5) is 0 Å². The van der Waals surface area contributed by atoms with Gasteiger partial charge in [-0.2, -0.15) is 11.8 Å². The zero-order valence-corrected chi connectivity index (χ0v) is 13.5. The molecular formula is C16H30N2S. The average Bonchev–Trinajstić information content (AvgIpc) is 2.46. The minimum atomic E-state index is 0.778. The Morgan fingerprint density at radius 1 is 0.947 bits per heavy atom. The normalized spacial score (nSPS) is 42.0. The van der Waals surface area contributed by atoms with E-state index in [0.717, 1.165) is 23.4 Å². The minimum absolute atomic E-state index is 0.778. The fourth-order valence-electron chi connectivity index (χ4n) is 4.52. The summed E-state index contributed by atoms with van der Waals surface area (Å²) in [6.07, 6.45) is 12.4. The van der Waals surface area contributed by atoms with E-state index in [0.29, 0.717) is 0 Å². The molecule has 2 aliphatic heterocycles. The first kappa shape index (κ1) is 14.2. The number of piperidine rings is 1. The van der Waals surface area contributed by atoms with Crippen LogP contribution in [-0.4, -0.2) is 59.1 Å². The summed E-state index contributed by atoms with van der Waals surface area (Å²) in [5.74, 6) is 0. The zero-order valence-electron chi connectivity index (χ0n) is 12.7. The molecule has 3 aliphatic rings. The summed E-state index contributed by atoms with van der Waals surface area (Å²) in [6, 6.07) is 2.53. The number of hydrogen-bond acceptors (Lipinski definition) is 3. The van der Waals surface area contributed by atoms with E-state index in [2.05, 4.69) is 34.7 Å². The molecular weight excluding hydrogens is 252 g/mol. The van der Waals surface area contributed by atoms with E-state index >= 15 is 0 Å². The lowest BCUT2D eigenvalue weighted by Gasteiger charge is -2.51. The predicted octanol–water partition coefficient (Wildman–Crippen LogP) is 3.22. The van der Waals surface area contributed by atoms with Gasteiger partial charge in [0.2, 0.25) is 0 Å². The molecule has 0 aromatic rings. The van der Waals surface area contributed by atoms with E-state index < -0.39 is 0 Å². The van der Waals surface area contributed by atoms with Gasteiger partial charge in [-0.3, -0.25) is 9.80 Å². The summed E-state index contributed by atoms with van der Waals surface area (Å²) < 4.78 is 0. The SMILES string of the molecule is CSC1CCCC(N2CC3CCCCN3CC2C)C1. The Balaban J connectivity index is 1.63. The van der Waals surface area contributed by atoms with Gasteiger partial charge in [0, 0.05) is 36.5 Å². The highest BCUT2D eigenvalue weighted by molar-refractivity contribution is 7.99. The van der Waals surface area contributed by atoms with Crippen LogP contribution < -0.4 is 0 Å². The molecule has 2 heterocycles. The third kappa shape index (κ3) is 3.14. The molecule has 2 nitrogen and oxygen atoms in total. The third-order valence-corrected chi connectivity index (χ3v) is 6.73. The first-order valence-electron chi connectivity index (χ1n) is 8.30. The van der Waals surface area contributed by atoms with Crippen LogP contribution in [0.5, 0.6) is 0 Å². The molecule has 110 valence electrons. The molecule has 19 heavy (non-hydrogen) atoms. The fraction of sp³-hybridized carbons (Fsp3) is 1.00. The van der Waals surface area contributed by atoms with Gasteiger partial charge < -0.3 is 0 Å². The Morgan fingerprint density at radius 2 is 1.79 bits per heavy atom. The van der Waals surface area contributed by atoms with E-state index in [1.165, 1.54) is 64.6 Å². The van der Waals surface area contributed by atoms with E-state index in [1.54, 1.807) is 0 Å².